The molecule has 204 valence electrons. The molecule has 0 aliphatic carbocycles. The van der Waals surface area contributed by atoms with E-state index in [9.17, 15) is 34.8 Å². The van der Waals surface area contributed by atoms with E-state index < -0.39 is 52.0 Å². The van der Waals surface area contributed by atoms with Gasteiger partial charge in [-0.3, -0.25) is 8.57 Å². The summed E-state index contributed by atoms with van der Waals surface area (Å²) in [6.07, 6.45) is -8.27. The largest absolute Gasteiger partial charge is 0.490 e. The van der Waals surface area contributed by atoms with Crippen LogP contribution in [-0.2, 0) is 30.7 Å². The summed E-state index contributed by atoms with van der Waals surface area (Å²) in [5, 5.41) is 5.81. The van der Waals surface area contributed by atoms with Crippen LogP contribution in [0.5, 0.6) is 11.5 Å². The fourth-order valence-electron chi connectivity index (χ4n) is 2.60. The van der Waals surface area contributed by atoms with E-state index in [1.54, 1.807) is 6.92 Å². The van der Waals surface area contributed by atoms with E-state index in [1.165, 1.54) is 24.3 Å². The molecular formula is C21H20F6N2O6S2. The average Bonchev–Trinajstić information content (AvgIpc) is 2.77. The minimum absolute atomic E-state index is 0.0509. The Balaban J connectivity index is 2.01. The van der Waals surface area contributed by atoms with Gasteiger partial charge in [0.05, 0.1) is 12.5 Å². The lowest BCUT2D eigenvalue weighted by atomic mass is 10.1. The van der Waals surface area contributed by atoms with Gasteiger partial charge in [0.25, 0.3) is 0 Å². The van der Waals surface area contributed by atoms with Crippen molar-refractivity contribution in [3.05, 3.63) is 59.7 Å². The molecule has 0 radical (unpaired) electrons. The minimum Gasteiger partial charge on any atom is -0.490 e. The minimum atomic E-state index is -4.85. The Morgan fingerprint density at radius 3 is 1.49 bits per heavy atom. The van der Waals surface area contributed by atoms with E-state index in [-0.39, 0.29) is 29.2 Å². The second-order valence-corrected chi connectivity index (χ2v) is 9.02. The van der Waals surface area contributed by atoms with Crippen molar-refractivity contribution in [2.24, 2.45) is 10.3 Å². The number of oxime groups is 2. The maximum atomic E-state index is 13.2. The highest BCUT2D eigenvalue weighted by molar-refractivity contribution is 7.79. The first-order valence-electron chi connectivity index (χ1n) is 9.99. The summed E-state index contributed by atoms with van der Waals surface area (Å²) in [6, 6.07) is 9.38. The van der Waals surface area contributed by atoms with Gasteiger partial charge >= 0.3 is 12.4 Å². The quantitative estimate of drug-likeness (QED) is 0.220. The molecule has 0 N–H and O–H groups in total. The van der Waals surface area contributed by atoms with Crippen molar-refractivity contribution < 1.29 is 52.8 Å². The van der Waals surface area contributed by atoms with Crippen LogP contribution < -0.4 is 9.47 Å². The second-order valence-electron chi connectivity index (χ2n) is 7.12. The van der Waals surface area contributed by atoms with E-state index in [0.29, 0.717) is 0 Å². The monoisotopic (exact) mass is 574 g/mol. The predicted octanol–water partition coefficient (Wildman–Crippen LogP) is 4.69. The van der Waals surface area contributed by atoms with Gasteiger partial charge in [-0.1, -0.05) is 10.3 Å². The van der Waals surface area contributed by atoms with E-state index in [1.807, 2.05) is 0 Å². The second kappa shape index (κ2) is 12.9. The van der Waals surface area contributed by atoms with Gasteiger partial charge in [-0.05, 0) is 55.5 Å². The van der Waals surface area contributed by atoms with Gasteiger partial charge in [0.15, 0.2) is 11.4 Å². The number of halogens is 6. The molecule has 3 unspecified atom stereocenters. The SMILES string of the molecule is CC(COc1ccc(/C(=N/OS(C)=O)C(F)(F)F)cc1)Oc1ccc(/C(=N/OS(C)=O)C(F)(F)F)cc1. The zero-order chi connectivity index (χ0) is 27.8. The van der Waals surface area contributed by atoms with Crippen LogP contribution in [0.3, 0.4) is 0 Å². The first kappa shape index (κ1) is 30.1. The molecule has 2 rings (SSSR count). The molecule has 8 nitrogen and oxygen atoms in total. The first-order chi connectivity index (χ1) is 17.2. The molecule has 0 heterocycles. The average molecular weight is 575 g/mol. The van der Waals surface area contributed by atoms with Gasteiger partial charge < -0.3 is 9.47 Å². The number of ether oxygens (including phenoxy) is 2. The van der Waals surface area contributed by atoms with Gasteiger partial charge in [0.1, 0.15) is 24.2 Å². The Hall–Kier alpha value is -3.14. The van der Waals surface area contributed by atoms with E-state index in [0.717, 1.165) is 36.8 Å². The van der Waals surface area contributed by atoms with Crippen molar-refractivity contribution in [1.82, 2.24) is 0 Å². The Morgan fingerprint density at radius 1 is 0.757 bits per heavy atom. The smallest absolute Gasteiger partial charge is 0.437 e. The van der Waals surface area contributed by atoms with Crippen molar-refractivity contribution in [2.45, 2.75) is 25.4 Å². The molecule has 0 amide bonds. The van der Waals surface area contributed by atoms with Crippen LogP contribution in [-0.4, -0.2) is 57.4 Å². The first-order valence-corrected chi connectivity index (χ1v) is 13.0. The third-order valence-corrected chi connectivity index (χ3v) is 4.65. The normalized spacial score (nSPS) is 15.5. The Kier molecular flexibility index (Phi) is 10.5. The van der Waals surface area contributed by atoms with Crippen LogP contribution in [0.25, 0.3) is 0 Å². The number of nitrogens with zero attached hydrogens (tertiary/aromatic N) is 2. The summed E-state index contributed by atoms with van der Waals surface area (Å²) >= 11 is -4.07. The number of hydrogen-bond acceptors (Lipinski definition) is 8. The highest BCUT2D eigenvalue weighted by atomic mass is 32.2. The highest BCUT2D eigenvalue weighted by Crippen LogP contribution is 2.26. The molecule has 0 aromatic heterocycles. The molecule has 0 spiro atoms. The maximum Gasteiger partial charge on any atom is 0.437 e. The Bertz CT molecular complexity index is 1150. The molecule has 3 atom stereocenters. The van der Waals surface area contributed by atoms with Crippen LogP contribution in [0.4, 0.5) is 26.3 Å². The van der Waals surface area contributed by atoms with Crippen molar-refractivity contribution in [1.29, 1.82) is 0 Å². The predicted molar refractivity (Wildman–Crippen MR) is 124 cm³/mol. The lowest BCUT2D eigenvalue weighted by molar-refractivity contribution is -0.0605. The lowest BCUT2D eigenvalue weighted by Crippen LogP contribution is -2.25. The van der Waals surface area contributed by atoms with Crippen LogP contribution in [0.1, 0.15) is 18.1 Å². The zero-order valence-corrected chi connectivity index (χ0v) is 21.0. The molecule has 16 heteroatoms. The van der Waals surface area contributed by atoms with Crippen LogP contribution in [0.15, 0.2) is 58.8 Å². The Labute approximate surface area is 212 Å². The fourth-order valence-corrected chi connectivity index (χ4v) is 2.96. The van der Waals surface area contributed by atoms with E-state index >= 15 is 0 Å². The van der Waals surface area contributed by atoms with Gasteiger partial charge in [-0.25, -0.2) is 8.42 Å². The van der Waals surface area contributed by atoms with Gasteiger partial charge in [-0.15, -0.1) is 0 Å². The number of hydrogen-bond donors (Lipinski definition) is 0. The summed E-state index contributed by atoms with van der Waals surface area (Å²) in [5.74, 6) is 0.409. The van der Waals surface area contributed by atoms with Crippen LogP contribution in [0.2, 0.25) is 0 Å². The maximum absolute atomic E-state index is 13.2. The summed E-state index contributed by atoms with van der Waals surface area (Å²) < 4.78 is 120. The van der Waals surface area contributed by atoms with E-state index in [4.69, 9.17) is 9.47 Å². The summed E-state index contributed by atoms with van der Waals surface area (Å²) in [5.41, 5.74) is -3.43. The number of rotatable bonds is 11. The summed E-state index contributed by atoms with van der Waals surface area (Å²) in [7, 11) is 0. The van der Waals surface area contributed by atoms with Crippen molar-refractivity contribution >= 4 is 33.6 Å². The molecule has 2 aromatic carbocycles. The van der Waals surface area contributed by atoms with Crippen LogP contribution in [0, 0.1) is 0 Å². The zero-order valence-electron chi connectivity index (χ0n) is 19.3. The molecule has 0 saturated carbocycles. The third-order valence-electron chi connectivity index (χ3n) is 4.08. The van der Waals surface area contributed by atoms with E-state index in [2.05, 4.69) is 18.9 Å². The molecular weight excluding hydrogens is 554 g/mol. The summed E-state index contributed by atoms with van der Waals surface area (Å²) in [6.45, 7) is 1.55. The Morgan fingerprint density at radius 2 is 1.14 bits per heavy atom. The third kappa shape index (κ3) is 10.0. The van der Waals surface area contributed by atoms with Gasteiger partial charge in [0.2, 0.25) is 22.2 Å². The molecule has 37 heavy (non-hydrogen) atoms. The molecule has 2 aromatic rings. The van der Waals surface area contributed by atoms with Gasteiger partial charge in [-0.2, -0.15) is 26.3 Å². The van der Waals surface area contributed by atoms with Crippen LogP contribution >= 0.6 is 0 Å². The highest BCUT2D eigenvalue weighted by Gasteiger charge is 2.39. The molecule has 0 saturated heterocycles. The van der Waals surface area contributed by atoms with Crippen molar-refractivity contribution in [3.8, 4) is 11.5 Å². The molecule has 0 aliphatic heterocycles. The van der Waals surface area contributed by atoms with Crippen molar-refractivity contribution in [3.63, 3.8) is 0 Å². The van der Waals surface area contributed by atoms with Gasteiger partial charge in [0, 0.05) is 11.1 Å². The lowest BCUT2D eigenvalue weighted by Gasteiger charge is -2.17. The topological polar surface area (TPSA) is 95.8 Å². The molecule has 0 fully saturated rings. The summed E-state index contributed by atoms with van der Waals surface area (Å²) in [4.78, 5) is 0. The number of benzene rings is 2. The standard InChI is InChI=1S/C21H20F6N2O6S2/c1-13(33-17-10-6-15(7-11-17)19(21(25,26)27)29-35-37(3)31)12-32-16-8-4-14(5-9-16)18(20(22,23)24)28-34-36(2)30/h4-11,13H,12H2,1-3H3/b28-18-,29-19-. The van der Waals surface area contributed by atoms with Crippen molar-refractivity contribution in [2.75, 3.05) is 19.1 Å². The fraction of sp³-hybridized carbons (Fsp3) is 0.333. The number of alkyl halides is 6. The molecule has 0 aliphatic rings. The molecule has 0 bridgehead atoms.